The van der Waals surface area contributed by atoms with Gasteiger partial charge in [0.25, 0.3) is 10.0 Å². The van der Waals surface area contributed by atoms with Crippen molar-refractivity contribution in [3.63, 3.8) is 0 Å². The molecule has 0 saturated heterocycles. The SMILES string of the molecule is COc1ccccc1NS(=O)(=O)c1ccc(N)c(C(=O)O)c1. The molecule has 0 bridgehead atoms. The molecule has 2 aromatic carbocycles. The molecule has 116 valence electrons. The maximum Gasteiger partial charge on any atom is 0.337 e. The van der Waals surface area contributed by atoms with Crippen LogP contribution < -0.4 is 15.2 Å². The molecule has 0 radical (unpaired) electrons. The summed E-state index contributed by atoms with van der Waals surface area (Å²) in [6.45, 7) is 0. The Balaban J connectivity index is 2.43. The van der Waals surface area contributed by atoms with Gasteiger partial charge in [-0.2, -0.15) is 0 Å². The molecule has 0 heterocycles. The lowest BCUT2D eigenvalue weighted by Crippen LogP contribution is -2.15. The lowest BCUT2D eigenvalue weighted by atomic mass is 10.2. The molecule has 0 amide bonds. The van der Waals surface area contributed by atoms with Crippen LogP contribution in [0.3, 0.4) is 0 Å². The third kappa shape index (κ3) is 3.12. The molecule has 0 aliphatic rings. The number of aromatic carboxylic acids is 1. The Morgan fingerprint density at radius 1 is 1.23 bits per heavy atom. The van der Waals surface area contributed by atoms with Gasteiger partial charge in [0.15, 0.2) is 0 Å². The molecule has 0 atom stereocenters. The molecule has 0 aromatic heterocycles. The zero-order valence-electron chi connectivity index (χ0n) is 11.6. The van der Waals surface area contributed by atoms with E-state index in [1.54, 1.807) is 18.2 Å². The van der Waals surface area contributed by atoms with E-state index in [-0.39, 0.29) is 21.8 Å². The van der Waals surface area contributed by atoms with Crippen molar-refractivity contribution in [3.05, 3.63) is 48.0 Å². The normalized spacial score (nSPS) is 11.0. The van der Waals surface area contributed by atoms with Gasteiger partial charge in [0, 0.05) is 5.69 Å². The van der Waals surface area contributed by atoms with E-state index < -0.39 is 16.0 Å². The summed E-state index contributed by atoms with van der Waals surface area (Å²) in [6, 6.07) is 9.96. The van der Waals surface area contributed by atoms with Gasteiger partial charge in [-0.25, -0.2) is 13.2 Å². The molecule has 2 rings (SSSR count). The summed E-state index contributed by atoms with van der Waals surface area (Å²) in [4.78, 5) is 10.8. The third-order valence-electron chi connectivity index (χ3n) is 2.92. The van der Waals surface area contributed by atoms with Gasteiger partial charge in [0.2, 0.25) is 0 Å². The number of ether oxygens (including phenoxy) is 1. The summed E-state index contributed by atoms with van der Waals surface area (Å²) in [7, 11) is -2.55. The summed E-state index contributed by atoms with van der Waals surface area (Å²) in [5.74, 6) is -0.952. The number of carbonyl (C=O) groups is 1. The number of hydrogen-bond acceptors (Lipinski definition) is 5. The van der Waals surface area contributed by atoms with Crippen LogP contribution in [-0.2, 0) is 10.0 Å². The number of nitrogens with two attached hydrogens (primary N) is 1. The van der Waals surface area contributed by atoms with Gasteiger partial charge >= 0.3 is 5.97 Å². The Labute approximate surface area is 127 Å². The summed E-state index contributed by atoms with van der Waals surface area (Å²) in [6.07, 6.45) is 0. The van der Waals surface area contributed by atoms with E-state index in [1.807, 2.05) is 0 Å². The minimum absolute atomic E-state index is 0.0104. The molecule has 8 heteroatoms. The number of methoxy groups -OCH3 is 1. The van der Waals surface area contributed by atoms with E-state index in [4.69, 9.17) is 15.6 Å². The fraction of sp³-hybridized carbons (Fsp3) is 0.0714. The summed E-state index contributed by atoms with van der Waals surface area (Å²) in [5.41, 5.74) is 5.48. The summed E-state index contributed by atoms with van der Waals surface area (Å²) < 4.78 is 32.1. The summed E-state index contributed by atoms with van der Waals surface area (Å²) in [5, 5.41) is 9.01. The van der Waals surface area contributed by atoms with Crippen molar-refractivity contribution >= 4 is 27.4 Å². The second-order valence-corrected chi connectivity index (χ2v) is 6.04. The zero-order valence-corrected chi connectivity index (χ0v) is 12.4. The Kier molecular flexibility index (Phi) is 4.22. The first-order valence-corrected chi connectivity index (χ1v) is 7.62. The third-order valence-corrected chi connectivity index (χ3v) is 4.28. The van der Waals surface area contributed by atoms with Crippen LogP contribution in [0.5, 0.6) is 5.75 Å². The van der Waals surface area contributed by atoms with E-state index in [2.05, 4.69) is 4.72 Å². The van der Waals surface area contributed by atoms with Gasteiger partial charge in [0.05, 0.1) is 23.3 Å². The van der Waals surface area contributed by atoms with Gasteiger partial charge in [0.1, 0.15) is 5.75 Å². The highest BCUT2D eigenvalue weighted by molar-refractivity contribution is 7.92. The highest BCUT2D eigenvalue weighted by Gasteiger charge is 2.19. The van der Waals surface area contributed by atoms with Crippen LogP contribution >= 0.6 is 0 Å². The number of benzene rings is 2. The Hall–Kier alpha value is -2.74. The van der Waals surface area contributed by atoms with Crippen molar-refractivity contribution in [2.45, 2.75) is 4.90 Å². The minimum Gasteiger partial charge on any atom is -0.495 e. The topological polar surface area (TPSA) is 119 Å². The monoisotopic (exact) mass is 322 g/mol. The average Bonchev–Trinajstić information content (AvgIpc) is 2.47. The highest BCUT2D eigenvalue weighted by Crippen LogP contribution is 2.27. The second kappa shape index (κ2) is 5.94. The smallest absolute Gasteiger partial charge is 0.337 e. The molecule has 22 heavy (non-hydrogen) atoms. The van der Waals surface area contributed by atoms with Crippen molar-refractivity contribution in [1.29, 1.82) is 0 Å². The Morgan fingerprint density at radius 2 is 1.91 bits per heavy atom. The van der Waals surface area contributed by atoms with E-state index in [1.165, 1.54) is 25.3 Å². The average molecular weight is 322 g/mol. The molecule has 0 saturated carbocycles. The largest absolute Gasteiger partial charge is 0.495 e. The summed E-state index contributed by atoms with van der Waals surface area (Å²) >= 11 is 0. The van der Waals surface area contributed by atoms with Crippen molar-refractivity contribution in [2.24, 2.45) is 0 Å². The van der Waals surface area contributed by atoms with Crippen LogP contribution in [0, 0.1) is 0 Å². The number of hydrogen-bond donors (Lipinski definition) is 3. The lowest BCUT2D eigenvalue weighted by molar-refractivity contribution is 0.0698. The lowest BCUT2D eigenvalue weighted by Gasteiger charge is -2.12. The number of carboxylic acid groups (broad SMARTS) is 1. The molecule has 0 aliphatic heterocycles. The predicted octanol–water partition coefficient (Wildman–Crippen LogP) is 1.78. The van der Waals surface area contributed by atoms with Crippen LogP contribution in [0.25, 0.3) is 0 Å². The van der Waals surface area contributed by atoms with Gasteiger partial charge in [-0.15, -0.1) is 0 Å². The fourth-order valence-electron chi connectivity index (χ4n) is 1.82. The highest BCUT2D eigenvalue weighted by atomic mass is 32.2. The maximum absolute atomic E-state index is 12.4. The first kappa shape index (κ1) is 15.6. The van der Waals surface area contributed by atoms with Gasteiger partial charge in [-0.3, -0.25) is 4.72 Å². The molecule has 2 aromatic rings. The number of nitrogen functional groups attached to an aromatic ring is 1. The number of nitrogens with one attached hydrogen (secondary N) is 1. The van der Waals surface area contributed by atoms with Crippen LogP contribution in [-0.4, -0.2) is 26.6 Å². The number of anilines is 2. The number of rotatable bonds is 5. The van der Waals surface area contributed by atoms with Gasteiger partial charge in [-0.05, 0) is 30.3 Å². The van der Waals surface area contributed by atoms with E-state index in [0.29, 0.717) is 5.75 Å². The van der Waals surface area contributed by atoms with E-state index in [0.717, 1.165) is 6.07 Å². The maximum atomic E-state index is 12.4. The van der Waals surface area contributed by atoms with Crippen molar-refractivity contribution < 1.29 is 23.1 Å². The molecule has 0 fully saturated rings. The standard InChI is InChI=1S/C14H14N2O5S/c1-21-13-5-3-2-4-12(13)16-22(19,20)9-6-7-11(15)10(8-9)14(17)18/h2-8,16H,15H2,1H3,(H,17,18). The fourth-order valence-corrected chi connectivity index (χ4v) is 2.92. The van der Waals surface area contributed by atoms with Crippen LogP contribution in [0.1, 0.15) is 10.4 Å². The molecule has 7 nitrogen and oxygen atoms in total. The van der Waals surface area contributed by atoms with E-state index in [9.17, 15) is 13.2 Å². The number of para-hydroxylation sites is 2. The van der Waals surface area contributed by atoms with E-state index >= 15 is 0 Å². The molecule has 0 unspecified atom stereocenters. The van der Waals surface area contributed by atoms with Crippen LogP contribution in [0.15, 0.2) is 47.4 Å². The molecule has 0 spiro atoms. The Morgan fingerprint density at radius 3 is 2.55 bits per heavy atom. The quantitative estimate of drug-likeness (QED) is 0.722. The molecule has 4 N–H and O–H groups in total. The zero-order chi connectivity index (χ0) is 16.3. The van der Waals surface area contributed by atoms with Crippen molar-refractivity contribution in [2.75, 3.05) is 17.6 Å². The van der Waals surface area contributed by atoms with Crippen molar-refractivity contribution in [1.82, 2.24) is 0 Å². The van der Waals surface area contributed by atoms with Gasteiger partial charge < -0.3 is 15.6 Å². The van der Waals surface area contributed by atoms with Crippen LogP contribution in [0.2, 0.25) is 0 Å². The number of sulfonamides is 1. The number of carboxylic acids is 1. The molecular formula is C14H14N2O5S. The second-order valence-electron chi connectivity index (χ2n) is 4.36. The Bertz CT molecular complexity index is 818. The first-order valence-electron chi connectivity index (χ1n) is 6.14. The molecule has 0 aliphatic carbocycles. The van der Waals surface area contributed by atoms with Crippen LogP contribution in [0.4, 0.5) is 11.4 Å². The van der Waals surface area contributed by atoms with Gasteiger partial charge in [-0.1, -0.05) is 12.1 Å². The first-order chi connectivity index (χ1) is 10.3. The van der Waals surface area contributed by atoms with Crippen molar-refractivity contribution in [3.8, 4) is 5.75 Å². The predicted molar refractivity (Wildman–Crippen MR) is 81.6 cm³/mol. The molecular weight excluding hydrogens is 308 g/mol. The minimum atomic E-state index is -3.97.